The molecule has 3 rings (SSSR count). The predicted molar refractivity (Wildman–Crippen MR) is 109 cm³/mol. The second kappa shape index (κ2) is 9.04. The fourth-order valence-corrected chi connectivity index (χ4v) is 2.99. The van der Waals surface area contributed by atoms with Crippen LogP contribution < -0.4 is 0 Å². The summed E-state index contributed by atoms with van der Waals surface area (Å²) < 4.78 is 19.7. The van der Waals surface area contributed by atoms with Crippen molar-refractivity contribution in [2.75, 3.05) is 13.7 Å². The van der Waals surface area contributed by atoms with Gasteiger partial charge in [0.05, 0.1) is 10.7 Å². The number of ether oxygens (including phenoxy) is 1. The number of carbonyl (C=O) groups is 2. The van der Waals surface area contributed by atoms with Gasteiger partial charge in [-0.15, -0.1) is 0 Å². The Hall–Kier alpha value is -3.26. The number of likely N-dealkylation sites (N-methyl/N-ethyl adjacent to an activating group) is 1. The molecule has 0 radical (unpaired) electrons. The van der Waals surface area contributed by atoms with Gasteiger partial charge >= 0.3 is 5.97 Å². The summed E-state index contributed by atoms with van der Waals surface area (Å²) in [6.45, 7) is 3.49. The zero-order chi connectivity index (χ0) is 21.8. The normalized spacial score (nSPS) is 10.7. The number of esters is 1. The second-order valence-corrected chi connectivity index (χ2v) is 7.20. The van der Waals surface area contributed by atoms with E-state index in [0.717, 1.165) is 17.0 Å². The van der Waals surface area contributed by atoms with Crippen LogP contribution in [0.5, 0.6) is 0 Å². The fraction of sp³-hybridized carbons (Fsp3) is 0.238. The summed E-state index contributed by atoms with van der Waals surface area (Å²) in [4.78, 5) is 30.4. The highest BCUT2D eigenvalue weighted by Crippen LogP contribution is 2.18. The number of aryl methyl sites for hydroxylation is 2. The van der Waals surface area contributed by atoms with Crippen molar-refractivity contribution in [3.63, 3.8) is 0 Å². The first-order valence-electron chi connectivity index (χ1n) is 9.10. The Bertz CT molecular complexity index is 1080. The molecule has 2 heterocycles. The molecule has 0 saturated heterocycles. The smallest absolute Gasteiger partial charge is 0.359 e. The summed E-state index contributed by atoms with van der Waals surface area (Å²) in [6, 6.07) is 10.8. The van der Waals surface area contributed by atoms with E-state index in [2.05, 4.69) is 10.1 Å². The molecule has 0 N–H and O–H groups in total. The topological polar surface area (TPSA) is 77.3 Å². The summed E-state index contributed by atoms with van der Waals surface area (Å²) in [5, 5.41) is 4.44. The van der Waals surface area contributed by atoms with Gasteiger partial charge < -0.3 is 9.64 Å². The maximum Gasteiger partial charge on any atom is 0.359 e. The Balaban J connectivity index is 1.65. The molecule has 0 aliphatic heterocycles. The number of nitrogens with zero attached hydrogens (tertiary/aromatic N) is 4. The number of carbonyl (C=O) groups excluding carboxylic acids is 2. The Morgan fingerprint density at radius 2 is 1.87 bits per heavy atom. The Kier molecular flexibility index (Phi) is 6.47. The maximum absolute atomic E-state index is 13.0. The van der Waals surface area contributed by atoms with Gasteiger partial charge in [-0.05, 0) is 49.7 Å². The summed E-state index contributed by atoms with van der Waals surface area (Å²) >= 11 is 6.10. The van der Waals surface area contributed by atoms with Gasteiger partial charge in [-0.25, -0.2) is 18.9 Å². The molecule has 0 atom stereocenters. The zero-order valence-electron chi connectivity index (χ0n) is 16.7. The van der Waals surface area contributed by atoms with Gasteiger partial charge in [0.15, 0.2) is 18.1 Å². The van der Waals surface area contributed by atoms with Crippen LogP contribution in [0.1, 0.15) is 27.4 Å². The van der Waals surface area contributed by atoms with Gasteiger partial charge in [-0.1, -0.05) is 23.7 Å². The summed E-state index contributed by atoms with van der Waals surface area (Å²) in [6.07, 6.45) is 0. The molecule has 3 aromatic rings. The van der Waals surface area contributed by atoms with E-state index >= 15 is 0 Å². The van der Waals surface area contributed by atoms with Gasteiger partial charge in [-0.3, -0.25) is 4.79 Å². The molecular formula is C21H20ClFN4O3. The van der Waals surface area contributed by atoms with Crippen molar-refractivity contribution in [1.82, 2.24) is 19.7 Å². The number of benzene rings is 1. The molecule has 0 saturated carbocycles. The molecule has 0 spiro atoms. The summed E-state index contributed by atoms with van der Waals surface area (Å²) in [7, 11) is 1.56. The highest BCUT2D eigenvalue weighted by atomic mass is 35.5. The van der Waals surface area contributed by atoms with Crippen molar-refractivity contribution in [3.8, 4) is 5.82 Å². The first kappa shape index (κ1) is 21.4. The highest BCUT2D eigenvalue weighted by molar-refractivity contribution is 6.33. The van der Waals surface area contributed by atoms with E-state index in [9.17, 15) is 14.0 Å². The quantitative estimate of drug-likeness (QED) is 0.559. The number of aromatic nitrogens is 3. The van der Waals surface area contributed by atoms with Gasteiger partial charge in [0.25, 0.3) is 5.91 Å². The van der Waals surface area contributed by atoms with E-state index in [4.69, 9.17) is 16.3 Å². The fourth-order valence-electron chi connectivity index (χ4n) is 2.81. The number of halogens is 2. The van der Waals surface area contributed by atoms with Crippen LogP contribution in [0.4, 0.5) is 4.39 Å². The van der Waals surface area contributed by atoms with Crippen molar-refractivity contribution in [2.45, 2.75) is 20.4 Å². The van der Waals surface area contributed by atoms with E-state index < -0.39 is 18.5 Å². The van der Waals surface area contributed by atoms with Crippen LogP contribution in [0.15, 0.2) is 42.5 Å². The second-order valence-electron chi connectivity index (χ2n) is 6.79. The minimum absolute atomic E-state index is 0.101. The van der Waals surface area contributed by atoms with Gasteiger partial charge in [0, 0.05) is 19.3 Å². The van der Waals surface area contributed by atoms with Crippen molar-refractivity contribution in [3.05, 3.63) is 75.9 Å². The molecule has 1 amide bonds. The first-order valence-corrected chi connectivity index (χ1v) is 9.48. The van der Waals surface area contributed by atoms with E-state index in [1.54, 1.807) is 29.9 Å². The Labute approximate surface area is 178 Å². The summed E-state index contributed by atoms with van der Waals surface area (Å²) in [5.41, 5.74) is 2.30. The van der Waals surface area contributed by atoms with Crippen LogP contribution in [0, 0.1) is 19.7 Å². The van der Waals surface area contributed by atoms with Crippen LogP contribution in [0.25, 0.3) is 5.82 Å². The molecule has 0 fully saturated rings. The number of hydrogen-bond acceptors (Lipinski definition) is 5. The summed E-state index contributed by atoms with van der Waals surface area (Å²) in [5.74, 6) is -1.17. The Morgan fingerprint density at radius 3 is 2.50 bits per heavy atom. The standard InChI is InChI=1S/C21H20ClFN4O3/c1-13-10-14(2)27(25-13)18-9-8-17(22)20(24-18)21(29)30-12-19(28)26(3)11-15-4-6-16(23)7-5-15/h4-10H,11-12H2,1-3H3. The largest absolute Gasteiger partial charge is 0.451 e. The maximum atomic E-state index is 13.0. The number of amides is 1. The van der Waals surface area contributed by atoms with Crippen molar-refractivity contribution >= 4 is 23.5 Å². The number of rotatable bonds is 6. The zero-order valence-corrected chi connectivity index (χ0v) is 17.5. The minimum atomic E-state index is -0.813. The number of pyridine rings is 1. The van der Waals surface area contributed by atoms with Crippen molar-refractivity contribution in [1.29, 1.82) is 0 Å². The van der Waals surface area contributed by atoms with Crippen LogP contribution >= 0.6 is 11.6 Å². The Morgan fingerprint density at radius 1 is 1.17 bits per heavy atom. The molecule has 2 aromatic heterocycles. The molecule has 0 aliphatic rings. The van der Waals surface area contributed by atoms with E-state index in [0.29, 0.717) is 5.82 Å². The lowest BCUT2D eigenvalue weighted by Gasteiger charge is -2.17. The molecular weight excluding hydrogens is 411 g/mol. The molecule has 9 heteroatoms. The van der Waals surface area contributed by atoms with Crippen LogP contribution in [0.2, 0.25) is 5.02 Å². The minimum Gasteiger partial charge on any atom is -0.451 e. The lowest BCUT2D eigenvalue weighted by atomic mass is 10.2. The average molecular weight is 431 g/mol. The third kappa shape index (κ3) is 5.01. The molecule has 0 bridgehead atoms. The molecule has 0 aliphatic carbocycles. The molecule has 156 valence electrons. The SMILES string of the molecule is Cc1cc(C)n(-c2ccc(Cl)c(C(=O)OCC(=O)N(C)Cc3ccc(F)cc3)n2)n1. The molecule has 30 heavy (non-hydrogen) atoms. The predicted octanol–water partition coefficient (Wildman–Crippen LogP) is 3.49. The molecule has 0 unspecified atom stereocenters. The third-order valence-corrected chi connectivity index (χ3v) is 4.64. The van der Waals surface area contributed by atoms with Gasteiger partial charge in [-0.2, -0.15) is 5.10 Å². The monoisotopic (exact) mass is 430 g/mol. The van der Waals surface area contributed by atoms with Crippen LogP contribution in [0.3, 0.4) is 0 Å². The first-order chi connectivity index (χ1) is 14.2. The number of hydrogen-bond donors (Lipinski definition) is 0. The van der Waals surface area contributed by atoms with Crippen molar-refractivity contribution in [2.24, 2.45) is 0 Å². The third-order valence-electron chi connectivity index (χ3n) is 4.34. The van der Waals surface area contributed by atoms with Gasteiger partial charge in [0.1, 0.15) is 5.82 Å². The lowest BCUT2D eigenvalue weighted by Crippen LogP contribution is -2.31. The highest BCUT2D eigenvalue weighted by Gasteiger charge is 2.19. The lowest BCUT2D eigenvalue weighted by molar-refractivity contribution is -0.133. The molecule has 7 nitrogen and oxygen atoms in total. The van der Waals surface area contributed by atoms with E-state index in [1.165, 1.54) is 23.1 Å². The van der Waals surface area contributed by atoms with Gasteiger partial charge in [0.2, 0.25) is 0 Å². The van der Waals surface area contributed by atoms with E-state index in [-0.39, 0.29) is 23.1 Å². The van der Waals surface area contributed by atoms with E-state index in [1.807, 2.05) is 19.9 Å². The molecule has 1 aromatic carbocycles. The average Bonchev–Trinajstić information content (AvgIpc) is 3.06. The van der Waals surface area contributed by atoms with Crippen molar-refractivity contribution < 1.29 is 18.7 Å². The van der Waals surface area contributed by atoms with Crippen LogP contribution in [-0.4, -0.2) is 45.2 Å². The van der Waals surface area contributed by atoms with Crippen LogP contribution in [-0.2, 0) is 16.1 Å².